The molecule has 152 valence electrons. The third kappa shape index (κ3) is 5.44. The van der Waals surface area contributed by atoms with Crippen molar-refractivity contribution in [1.82, 2.24) is 4.98 Å². The Hall–Kier alpha value is -1.76. The van der Waals surface area contributed by atoms with E-state index in [1.165, 1.54) is 19.3 Å². The lowest BCUT2D eigenvalue weighted by atomic mass is 9.95. The third-order valence-corrected chi connectivity index (χ3v) is 7.61. The Morgan fingerprint density at radius 3 is 2.86 bits per heavy atom. The molecule has 0 radical (unpaired) electrons. The van der Waals surface area contributed by atoms with Crippen molar-refractivity contribution in [2.24, 2.45) is 5.92 Å². The number of carbonyl (C=O) groups is 1. The lowest BCUT2D eigenvalue weighted by molar-refractivity contribution is -0.136. The molecule has 0 spiro atoms. The predicted molar refractivity (Wildman–Crippen MR) is 123 cm³/mol. The van der Waals surface area contributed by atoms with Crippen LogP contribution in [-0.2, 0) is 11.2 Å². The number of carboxylic acid groups (broad SMARTS) is 1. The number of hydrogen-bond donors (Lipinski definition) is 1. The third-order valence-electron chi connectivity index (χ3n) is 5.27. The Balaban J connectivity index is 1.25. The summed E-state index contributed by atoms with van der Waals surface area (Å²) in [6.07, 6.45) is 3.66. The summed E-state index contributed by atoms with van der Waals surface area (Å²) in [5, 5.41) is 10.8. The van der Waals surface area contributed by atoms with E-state index in [9.17, 15) is 4.79 Å². The second-order valence-corrected chi connectivity index (χ2v) is 10.0. The minimum absolute atomic E-state index is 0.0881. The topological polar surface area (TPSA) is 53.4 Å². The van der Waals surface area contributed by atoms with Crippen molar-refractivity contribution in [3.05, 3.63) is 53.1 Å². The van der Waals surface area contributed by atoms with Gasteiger partial charge in [0.25, 0.3) is 0 Å². The first-order valence-corrected chi connectivity index (χ1v) is 12.0. The summed E-state index contributed by atoms with van der Waals surface area (Å²) in [5.41, 5.74) is 1.89. The first-order chi connectivity index (χ1) is 14.1. The van der Waals surface area contributed by atoms with Crippen molar-refractivity contribution < 1.29 is 9.90 Å². The van der Waals surface area contributed by atoms with Crippen LogP contribution < -0.4 is 4.90 Å². The Bertz CT molecular complexity index is 999. The molecule has 29 heavy (non-hydrogen) atoms. The van der Waals surface area contributed by atoms with Gasteiger partial charge in [-0.15, -0.1) is 11.8 Å². The zero-order valence-electron chi connectivity index (χ0n) is 16.0. The molecule has 2 aromatic carbocycles. The molecule has 1 aromatic heterocycles. The Morgan fingerprint density at radius 1 is 1.24 bits per heavy atom. The normalized spacial score (nSPS) is 15.1. The average Bonchev–Trinajstić information content (AvgIpc) is 3.11. The lowest BCUT2D eigenvalue weighted by Crippen LogP contribution is -2.33. The number of hydrogen-bond acceptors (Lipinski definition) is 5. The molecule has 3 aromatic rings. The highest BCUT2D eigenvalue weighted by atomic mass is 35.5. The Morgan fingerprint density at radius 2 is 2.07 bits per heavy atom. The highest BCUT2D eigenvalue weighted by Crippen LogP contribution is 2.34. The molecule has 1 fully saturated rings. The van der Waals surface area contributed by atoms with E-state index in [1.807, 2.05) is 48.2 Å². The molecule has 0 saturated carbocycles. The van der Waals surface area contributed by atoms with Gasteiger partial charge in [0.15, 0.2) is 5.13 Å². The Labute approximate surface area is 183 Å². The zero-order chi connectivity index (χ0) is 20.2. The van der Waals surface area contributed by atoms with E-state index in [-0.39, 0.29) is 6.42 Å². The van der Waals surface area contributed by atoms with Gasteiger partial charge < -0.3 is 10.0 Å². The number of thiazole rings is 1. The van der Waals surface area contributed by atoms with Crippen molar-refractivity contribution in [3.63, 3.8) is 0 Å². The number of carboxylic acids is 1. The molecule has 0 aliphatic carbocycles. The number of anilines is 1. The van der Waals surface area contributed by atoms with Gasteiger partial charge in [0.05, 0.1) is 16.6 Å². The van der Waals surface area contributed by atoms with E-state index < -0.39 is 5.97 Å². The number of aromatic nitrogens is 1. The molecule has 4 rings (SSSR count). The molecule has 1 aliphatic heterocycles. The summed E-state index contributed by atoms with van der Waals surface area (Å²) in [4.78, 5) is 19.2. The van der Waals surface area contributed by atoms with Crippen molar-refractivity contribution >= 4 is 56.0 Å². The van der Waals surface area contributed by atoms with Crippen LogP contribution in [0.3, 0.4) is 0 Å². The number of nitrogens with zero attached hydrogens (tertiary/aromatic N) is 2. The van der Waals surface area contributed by atoms with Gasteiger partial charge in [-0.25, -0.2) is 4.98 Å². The van der Waals surface area contributed by atoms with Gasteiger partial charge in [-0.2, -0.15) is 0 Å². The zero-order valence-corrected chi connectivity index (χ0v) is 18.4. The van der Waals surface area contributed by atoms with Gasteiger partial charge in [-0.1, -0.05) is 35.1 Å². The minimum atomic E-state index is -0.782. The van der Waals surface area contributed by atoms with E-state index in [2.05, 4.69) is 11.0 Å². The summed E-state index contributed by atoms with van der Waals surface area (Å²) in [6, 6.07) is 13.8. The average molecular weight is 447 g/mol. The van der Waals surface area contributed by atoms with Crippen LogP contribution in [0.15, 0.2) is 47.4 Å². The first-order valence-electron chi connectivity index (χ1n) is 9.81. The fourth-order valence-electron chi connectivity index (χ4n) is 3.70. The number of rotatable bonds is 7. The van der Waals surface area contributed by atoms with Crippen LogP contribution in [0.5, 0.6) is 0 Å². The largest absolute Gasteiger partial charge is 0.481 e. The van der Waals surface area contributed by atoms with Gasteiger partial charge in [0, 0.05) is 23.0 Å². The molecule has 4 nitrogen and oxygen atoms in total. The maximum absolute atomic E-state index is 10.9. The highest BCUT2D eigenvalue weighted by Gasteiger charge is 2.21. The smallest absolute Gasteiger partial charge is 0.307 e. The summed E-state index contributed by atoms with van der Waals surface area (Å²) >= 11 is 9.65. The molecule has 0 atom stereocenters. The second kappa shape index (κ2) is 9.37. The number of fused-ring (bicyclic) bond motifs is 1. The summed E-state index contributed by atoms with van der Waals surface area (Å²) in [6.45, 7) is 2.11. The van der Waals surface area contributed by atoms with E-state index in [0.717, 1.165) is 55.6 Å². The SMILES string of the molecule is O=C(O)Cc1cccc(SCCC2CCN(c3nc4ccc(Cl)cc4s3)CC2)c1. The monoisotopic (exact) mass is 446 g/mol. The number of halogens is 1. The summed E-state index contributed by atoms with van der Waals surface area (Å²) < 4.78 is 1.15. The van der Waals surface area contributed by atoms with Crippen LogP contribution in [-0.4, -0.2) is 34.9 Å². The lowest BCUT2D eigenvalue weighted by Gasteiger charge is -2.31. The van der Waals surface area contributed by atoms with Crippen LogP contribution in [0, 0.1) is 5.92 Å². The first kappa shape index (κ1) is 20.5. The predicted octanol–water partition coefficient (Wildman–Crippen LogP) is 5.98. The van der Waals surface area contributed by atoms with E-state index in [1.54, 1.807) is 11.3 Å². The molecular formula is C22H23ClN2O2S2. The maximum atomic E-state index is 10.9. The van der Waals surface area contributed by atoms with Crippen molar-refractivity contribution in [3.8, 4) is 0 Å². The molecule has 1 N–H and O–H groups in total. The standard InChI is InChI=1S/C22H23ClN2O2S2/c23-17-4-5-19-20(14-17)29-22(24-19)25-9-6-15(7-10-25)8-11-28-18-3-1-2-16(12-18)13-21(26)27/h1-5,12,14-15H,6-11,13H2,(H,26,27). The van der Waals surface area contributed by atoms with Crippen LogP contribution in [0.1, 0.15) is 24.8 Å². The highest BCUT2D eigenvalue weighted by molar-refractivity contribution is 7.99. The minimum Gasteiger partial charge on any atom is -0.481 e. The van der Waals surface area contributed by atoms with Gasteiger partial charge in [0.1, 0.15) is 0 Å². The Kier molecular flexibility index (Phi) is 6.63. The number of aliphatic carboxylic acids is 1. The van der Waals surface area contributed by atoms with Gasteiger partial charge in [0.2, 0.25) is 0 Å². The fraction of sp³-hybridized carbons (Fsp3) is 0.364. The van der Waals surface area contributed by atoms with Crippen molar-refractivity contribution in [2.45, 2.75) is 30.6 Å². The fourth-order valence-corrected chi connectivity index (χ4v) is 6.09. The quantitative estimate of drug-likeness (QED) is 0.452. The van der Waals surface area contributed by atoms with Crippen LogP contribution in [0.25, 0.3) is 10.2 Å². The summed E-state index contributed by atoms with van der Waals surface area (Å²) in [7, 11) is 0. The van der Waals surface area contributed by atoms with Gasteiger partial charge in [-0.3, -0.25) is 4.79 Å². The molecule has 2 heterocycles. The number of piperidine rings is 1. The van der Waals surface area contributed by atoms with E-state index in [0.29, 0.717) is 0 Å². The molecular weight excluding hydrogens is 424 g/mol. The van der Waals surface area contributed by atoms with E-state index in [4.69, 9.17) is 21.7 Å². The molecule has 0 bridgehead atoms. The number of benzene rings is 2. The summed E-state index contributed by atoms with van der Waals surface area (Å²) in [5.74, 6) is 1.03. The molecule has 1 aliphatic rings. The maximum Gasteiger partial charge on any atom is 0.307 e. The van der Waals surface area contributed by atoms with Crippen LogP contribution >= 0.6 is 34.7 Å². The van der Waals surface area contributed by atoms with Gasteiger partial charge in [-0.05, 0) is 66.8 Å². The van der Waals surface area contributed by atoms with Crippen LogP contribution in [0.4, 0.5) is 5.13 Å². The molecule has 0 amide bonds. The number of thioether (sulfide) groups is 1. The molecule has 0 unspecified atom stereocenters. The van der Waals surface area contributed by atoms with E-state index >= 15 is 0 Å². The second-order valence-electron chi connectivity index (χ2n) is 7.39. The van der Waals surface area contributed by atoms with Crippen molar-refractivity contribution in [2.75, 3.05) is 23.7 Å². The van der Waals surface area contributed by atoms with Crippen LogP contribution in [0.2, 0.25) is 5.02 Å². The molecule has 7 heteroatoms. The van der Waals surface area contributed by atoms with Crippen molar-refractivity contribution in [1.29, 1.82) is 0 Å². The van der Waals surface area contributed by atoms with Gasteiger partial charge >= 0.3 is 5.97 Å². The molecule has 1 saturated heterocycles.